The molecule has 1 heterocycles. The number of hydrogen-bond donors (Lipinski definition) is 1. The molecule has 128 valence electrons. The van der Waals surface area contributed by atoms with Gasteiger partial charge in [-0.05, 0) is 22.8 Å². The molecular weight excluding hydrogens is 324 g/mol. The van der Waals surface area contributed by atoms with E-state index in [1.807, 2.05) is 72.8 Å². The van der Waals surface area contributed by atoms with E-state index in [9.17, 15) is 9.90 Å². The number of ether oxygens (including phenoxy) is 1. The molecule has 1 N–H and O–H groups in total. The Kier molecular flexibility index (Phi) is 4.28. The average Bonchev–Trinajstić information content (AvgIpc) is 2.67. The van der Waals surface area contributed by atoms with Gasteiger partial charge in [-0.15, -0.1) is 0 Å². The Morgan fingerprint density at radius 1 is 0.923 bits per heavy atom. The summed E-state index contributed by atoms with van der Waals surface area (Å²) in [4.78, 5) is 12.8. The fourth-order valence-electron chi connectivity index (χ4n) is 3.21. The van der Waals surface area contributed by atoms with Crippen LogP contribution < -0.4 is 4.74 Å². The first kappa shape index (κ1) is 16.2. The minimum atomic E-state index is -0.330. The van der Waals surface area contributed by atoms with Crippen LogP contribution in [0.3, 0.4) is 0 Å². The Morgan fingerprint density at radius 2 is 1.62 bits per heavy atom. The Balaban J connectivity index is 1.71. The van der Waals surface area contributed by atoms with Crippen LogP contribution in [0.25, 0.3) is 12.2 Å². The van der Waals surface area contributed by atoms with E-state index in [-0.39, 0.29) is 24.1 Å². The van der Waals surface area contributed by atoms with Gasteiger partial charge in [0.15, 0.2) is 5.78 Å². The maximum Gasteiger partial charge on any atom is 0.171 e. The smallest absolute Gasteiger partial charge is 0.171 e. The minimum Gasteiger partial charge on any atom is -0.508 e. The minimum absolute atomic E-state index is 0.0211. The predicted molar refractivity (Wildman–Crippen MR) is 102 cm³/mol. The molecule has 0 saturated heterocycles. The summed E-state index contributed by atoms with van der Waals surface area (Å²) in [6.07, 6.45) is 3.72. The van der Waals surface area contributed by atoms with Crippen molar-refractivity contribution in [3.63, 3.8) is 0 Å². The maximum atomic E-state index is 12.8. The summed E-state index contributed by atoms with van der Waals surface area (Å²) < 4.78 is 6.05. The number of fused-ring (bicyclic) bond motifs is 1. The molecule has 26 heavy (non-hydrogen) atoms. The highest BCUT2D eigenvalue weighted by Gasteiger charge is 2.29. The monoisotopic (exact) mass is 342 g/mol. The number of phenols is 1. The number of rotatable bonds is 3. The number of phenolic OH excluding ortho intramolecular Hbond substituents is 1. The van der Waals surface area contributed by atoms with Crippen molar-refractivity contribution in [3.8, 4) is 11.5 Å². The van der Waals surface area contributed by atoms with Crippen molar-refractivity contribution in [2.75, 3.05) is 0 Å². The summed E-state index contributed by atoms with van der Waals surface area (Å²) in [6, 6.07) is 22.6. The molecule has 0 bridgehead atoms. The molecule has 0 aromatic heterocycles. The van der Waals surface area contributed by atoms with E-state index in [0.717, 1.165) is 11.1 Å². The molecule has 1 aliphatic rings. The van der Waals surface area contributed by atoms with Gasteiger partial charge in [0, 0.05) is 6.07 Å². The van der Waals surface area contributed by atoms with Gasteiger partial charge >= 0.3 is 0 Å². The molecule has 0 fully saturated rings. The normalized spacial score (nSPS) is 16.3. The van der Waals surface area contributed by atoms with Gasteiger partial charge in [-0.25, -0.2) is 0 Å². The highest BCUT2D eigenvalue weighted by Crippen LogP contribution is 2.39. The summed E-state index contributed by atoms with van der Waals surface area (Å²) >= 11 is 0. The third kappa shape index (κ3) is 3.24. The van der Waals surface area contributed by atoms with Crippen LogP contribution in [0.4, 0.5) is 0 Å². The van der Waals surface area contributed by atoms with E-state index in [1.165, 1.54) is 6.07 Å². The maximum absolute atomic E-state index is 12.8. The molecule has 0 spiro atoms. The molecule has 4 rings (SSSR count). The second-order valence-electron chi connectivity index (χ2n) is 6.30. The fourth-order valence-corrected chi connectivity index (χ4v) is 3.21. The molecule has 0 radical (unpaired) electrons. The zero-order chi connectivity index (χ0) is 17.9. The second kappa shape index (κ2) is 6.89. The van der Waals surface area contributed by atoms with Crippen LogP contribution in [0.1, 0.15) is 39.6 Å². The molecule has 0 amide bonds. The molecule has 0 aliphatic carbocycles. The van der Waals surface area contributed by atoms with Gasteiger partial charge in [-0.1, -0.05) is 72.8 Å². The van der Waals surface area contributed by atoms with Crippen LogP contribution in [-0.4, -0.2) is 10.9 Å². The third-order valence-corrected chi connectivity index (χ3v) is 4.46. The molecule has 1 aliphatic heterocycles. The van der Waals surface area contributed by atoms with E-state index >= 15 is 0 Å². The summed E-state index contributed by atoms with van der Waals surface area (Å²) in [6.45, 7) is 0. The van der Waals surface area contributed by atoms with Crippen molar-refractivity contribution in [1.82, 2.24) is 0 Å². The number of carbonyl (C=O) groups is 1. The summed E-state index contributed by atoms with van der Waals surface area (Å²) in [7, 11) is 0. The molecule has 3 aromatic rings. The van der Waals surface area contributed by atoms with Crippen LogP contribution in [-0.2, 0) is 0 Å². The molecule has 1 unspecified atom stereocenters. The number of benzene rings is 3. The van der Waals surface area contributed by atoms with E-state index < -0.39 is 0 Å². The van der Waals surface area contributed by atoms with Gasteiger partial charge in [0.25, 0.3) is 0 Å². The second-order valence-corrected chi connectivity index (χ2v) is 6.30. The van der Waals surface area contributed by atoms with Crippen LogP contribution in [0.2, 0.25) is 0 Å². The van der Waals surface area contributed by atoms with Crippen LogP contribution >= 0.6 is 0 Å². The zero-order valence-electron chi connectivity index (χ0n) is 14.1. The summed E-state index contributed by atoms with van der Waals surface area (Å²) in [5.41, 5.74) is 3.18. The number of Topliss-reactive ketones (excluding diaryl/α,β-unsaturated/α-hetero) is 1. The van der Waals surface area contributed by atoms with Crippen LogP contribution in [0.15, 0.2) is 72.8 Å². The highest BCUT2D eigenvalue weighted by atomic mass is 16.5. The van der Waals surface area contributed by atoms with E-state index in [1.54, 1.807) is 6.07 Å². The van der Waals surface area contributed by atoms with Gasteiger partial charge in [0.05, 0.1) is 12.0 Å². The average molecular weight is 342 g/mol. The van der Waals surface area contributed by atoms with Gasteiger partial charge in [-0.2, -0.15) is 0 Å². The summed E-state index contributed by atoms with van der Waals surface area (Å²) in [5.74, 6) is 0.536. The first-order valence-corrected chi connectivity index (χ1v) is 8.55. The quantitative estimate of drug-likeness (QED) is 0.660. The lowest BCUT2D eigenvalue weighted by Gasteiger charge is -2.26. The van der Waals surface area contributed by atoms with Crippen molar-refractivity contribution in [2.24, 2.45) is 0 Å². The van der Waals surface area contributed by atoms with Gasteiger partial charge in [-0.3, -0.25) is 4.79 Å². The first-order valence-electron chi connectivity index (χ1n) is 8.55. The molecule has 3 nitrogen and oxygen atoms in total. The van der Waals surface area contributed by atoms with Crippen molar-refractivity contribution < 1.29 is 14.6 Å². The molecule has 3 heteroatoms. The molecule has 3 aromatic carbocycles. The van der Waals surface area contributed by atoms with E-state index in [4.69, 9.17) is 4.74 Å². The number of hydrogen-bond acceptors (Lipinski definition) is 3. The van der Waals surface area contributed by atoms with Crippen molar-refractivity contribution in [3.05, 3.63) is 95.1 Å². The molecule has 1 atom stereocenters. The van der Waals surface area contributed by atoms with Gasteiger partial charge < -0.3 is 9.84 Å². The first-order chi connectivity index (χ1) is 12.7. The number of ketones is 1. The van der Waals surface area contributed by atoms with Crippen molar-refractivity contribution in [2.45, 2.75) is 12.5 Å². The highest BCUT2D eigenvalue weighted by molar-refractivity contribution is 6.04. The van der Waals surface area contributed by atoms with Crippen LogP contribution in [0, 0.1) is 0 Å². The van der Waals surface area contributed by atoms with E-state index in [2.05, 4.69) is 0 Å². The Bertz CT molecular complexity index is 960. The van der Waals surface area contributed by atoms with E-state index in [0.29, 0.717) is 16.9 Å². The molecular formula is C23H18O3. The van der Waals surface area contributed by atoms with Crippen molar-refractivity contribution in [1.29, 1.82) is 0 Å². The zero-order valence-corrected chi connectivity index (χ0v) is 14.1. The number of aromatic hydroxyl groups is 1. The Morgan fingerprint density at radius 3 is 2.35 bits per heavy atom. The summed E-state index contributed by atoms with van der Waals surface area (Å²) in [5, 5.41) is 10.1. The lowest BCUT2D eigenvalue weighted by Crippen LogP contribution is -2.21. The number of carbonyl (C=O) groups excluding carboxylic acids is 1. The lowest BCUT2D eigenvalue weighted by molar-refractivity contribution is 0.0849. The predicted octanol–water partition coefficient (Wildman–Crippen LogP) is 5.27. The largest absolute Gasteiger partial charge is 0.508 e. The topological polar surface area (TPSA) is 46.5 Å². The van der Waals surface area contributed by atoms with Crippen LogP contribution in [0.5, 0.6) is 11.5 Å². The standard InChI is InChI=1S/C23H18O3/c24-19-13-18(12-11-16-7-3-1-4-8-16)23-20(25)15-21(26-22(23)14-19)17-9-5-2-6-10-17/h1-14,21,24H,15H2. The SMILES string of the molecule is O=C1CC(c2ccccc2)Oc2cc(O)cc(C=Cc3ccccc3)c21. The van der Waals surface area contributed by atoms with Gasteiger partial charge in [0.2, 0.25) is 0 Å². The van der Waals surface area contributed by atoms with Crippen molar-refractivity contribution >= 4 is 17.9 Å². The Labute approximate surface area is 152 Å². The Hall–Kier alpha value is -3.33. The lowest BCUT2D eigenvalue weighted by atomic mass is 9.92. The third-order valence-electron chi connectivity index (χ3n) is 4.46. The fraction of sp³-hybridized carbons (Fsp3) is 0.0870. The molecule has 0 saturated carbocycles. The van der Waals surface area contributed by atoms with Gasteiger partial charge in [0.1, 0.15) is 17.6 Å².